The first-order valence-electron chi connectivity index (χ1n) is 2.48. The van der Waals surface area contributed by atoms with Gasteiger partial charge in [-0.15, -0.1) is 11.3 Å². The third-order valence-electron chi connectivity index (χ3n) is 1.02. The molecular formula is C5H3N3S+. The highest BCUT2D eigenvalue weighted by Crippen LogP contribution is 1.75. The van der Waals surface area contributed by atoms with Crippen molar-refractivity contribution in [2.45, 2.75) is 0 Å². The van der Waals surface area contributed by atoms with Gasteiger partial charge in [-0.05, 0) is 0 Å². The minimum absolute atomic E-state index is 0.738. The molecule has 0 unspecified atom stereocenters. The van der Waals surface area contributed by atoms with Crippen molar-refractivity contribution in [3.05, 3.63) is 15.5 Å². The van der Waals surface area contributed by atoms with E-state index in [0.717, 1.165) is 10.0 Å². The summed E-state index contributed by atoms with van der Waals surface area (Å²) >= 11 is 1.57. The fourth-order valence-electron chi connectivity index (χ4n) is 0.627. The molecule has 0 aliphatic carbocycles. The topological polar surface area (TPSA) is 39.4 Å². The molecule has 1 aliphatic rings. The minimum Gasteiger partial charge on any atom is -0.220 e. The lowest BCUT2D eigenvalue weighted by molar-refractivity contribution is 0.979. The van der Waals surface area contributed by atoms with Crippen molar-refractivity contribution in [1.82, 2.24) is 10.1 Å². The molecule has 2 rings (SSSR count). The molecule has 1 radical (unpaired) electrons. The Bertz CT molecular complexity index is 316. The summed E-state index contributed by atoms with van der Waals surface area (Å²) in [7, 11) is 0. The Kier molecular flexibility index (Phi) is 0.927. The van der Waals surface area contributed by atoms with Crippen LogP contribution in [0.25, 0.3) is 6.08 Å². The summed E-state index contributed by atoms with van der Waals surface area (Å²) in [5.74, 6) is 0. The van der Waals surface area contributed by atoms with Gasteiger partial charge in [0.1, 0.15) is 0 Å². The Balaban J connectivity index is 2.99. The zero-order valence-electron chi connectivity index (χ0n) is 4.48. The van der Waals surface area contributed by atoms with Gasteiger partial charge < -0.3 is 0 Å². The zero-order valence-corrected chi connectivity index (χ0v) is 5.30. The van der Waals surface area contributed by atoms with Gasteiger partial charge in [-0.2, -0.15) is 0 Å². The van der Waals surface area contributed by atoms with Gasteiger partial charge in [0.2, 0.25) is 10.6 Å². The third kappa shape index (κ3) is 0.675. The monoisotopic (exact) mass is 137 g/mol. The first-order chi connectivity index (χ1) is 4.47. The first kappa shape index (κ1) is 4.81. The summed E-state index contributed by atoms with van der Waals surface area (Å²) in [6, 6.07) is 0. The van der Waals surface area contributed by atoms with E-state index in [1.165, 1.54) is 0 Å². The molecule has 0 aromatic carbocycles. The van der Waals surface area contributed by atoms with Crippen molar-refractivity contribution >= 4 is 23.6 Å². The second kappa shape index (κ2) is 1.73. The van der Waals surface area contributed by atoms with E-state index in [1.807, 2.05) is 6.08 Å². The van der Waals surface area contributed by atoms with E-state index in [-0.39, 0.29) is 0 Å². The summed E-state index contributed by atoms with van der Waals surface area (Å²) in [5.41, 5.74) is 2.50. The molecule has 1 aromatic rings. The number of nitrogens with zero attached hydrogens (tertiary/aromatic N) is 3. The van der Waals surface area contributed by atoms with E-state index in [4.69, 9.17) is 0 Å². The van der Waals surface area contributed by atoms with Crippen LogP contribution in [0.5, 0.6) is 0 Å². The number of thiazole rings is 1. The van der Waals surface area contributed by atoms with Crippen molar-refractivity contribution in [1.29, 1.82) is 0 Å². The summed E-state index contributed by atoms with van der Waals surface area (Å²) in [6.07, 6.45) is 3.57. The number of hydrogen-bond acceptors (Lipinski definition) is 4. The summed E-state index contributed by atoms with van der Waals surface area (Å²) in [4.78, 5) is 3.96. The lowest BCUT2D eigenvalue weighted by Crippen LogP contribution is -2.24. The molecule has 0 N–H and O–H groups in total. The molecule has 0 amide bonds. The second-order valence-electron chi connectivity index (χ2n) is 1.57. The van der Waals surface area contributed by atoms with Gasteiger partial charge in [0.05, 0.1) is 15.1 Å². The number of rotatable bonds is 0. The Labute approximate surface area is 55.1 Å². The van der Waals surface area contributed by atoms with Gasteiger partial charge in [0.25, 0.3) is 6.21 Å². The highest BCUT2D eigenvalue weighted by molar-refractivity contribution is 7.07. The number of fused-ring (bicyclic) bond motifs is 1. The second-order valence-corrected chi connectivity index (χ2v) is 2.46. The van der Waals surface area contributed by atoms with Crippen LogP contribution in [0.3, 0.4) is 0 Å². The van der Waals surface area contributed by atoms with Crippen LogP contribution < -0.4 is 15.1 Å². The Morgan fingerprint density at radius 1 is 1.56 bits per heavy atom. The van der Waals surface area contributed by atoms with Gasteiger partial charge in [-0.25, -0.2) is 4.98 Å². The Morgan fingerprint density at radius 3 is 3.44 bits per heavy atom. The molecule has 0 bridgehead atoms. The summed E-state index contributed by atoms with van der Waals surface area (Å²) in [5, 5.41) is 7.47. The molecular weight excluding hydrogens is 134 g/mol. The lowest BCUT2D eigenvalue weighted by atomic mass is 10.6. The van der Waals surface area contributed by atoms with Crippen LogP contribution in [0, 0.1) is 0 Å². The molecule has 0 fully saturated rings. The Morgan fingerprint density at radius 2 is 2.56 bits per heavy atom. The molecule has 0 atom stereocenters. The molecule has 43 valence electrons. The quantitative estimate of drug-likeness (QED) is 0.446. The maximum absolute atomic E-state index is 3.96. The summed E-state index contributed by atoms with van der Waals surface area (Å²) < 4.78 is 1.09. The average Bonchev–Trinajstić information content (AvgIpc) is 2.33. The fourth-order valence-corrected chi connectivity index (χ4v) is 1.23. The number of hydrogen-bond donors (Lipinski definition) is 0. The van der Waals surface area contributed by atoms with Crippen molar-refractivity contribution < 1.29 is 0 Å². The van der Waals surface area contributed by atoms with Gasteiger partial charge in [-0.1, -0.05) is 0 Å². The van der Waals surface area contributed by atoms with E-state index in [2.05, 4.69) is 15.2 Å². The molecule has 0 spiro atoms. The molecule has 0 saturated heterocycles. The lowest BCUT2D eigenvalue weighted by Gasteiger charge is -1.66. The fraction of sp³-hybridized carbons (Fsp3) is 0. The molecule has 0 saturated carbocycles. The minimum atomic E-state index is 0.738. The van der Waals surface area contributed by atoms with E-state index >= 15 is 0 Å². The highest BCUT2D eigenvalue weighted by atomic mass is 32.1. The van der Waals surface area contributed by atoms with Crippen LogP contribution in [-0.4, -0.2) is 11.2 Å². The van der Waals surface area contributed by atoms with Crippen LogP contribution in [0.4, 0.5) is 0 Å². The number of aromatic nitrogens is 1. The van der Waals surface area contributed by atoms with Gasteiger partial charge in [0, 0.05) is 6.08 Å². The normalized spacial score (nSPS) is 13.8. The van der Waals surface area contributed by atoms with E-state index in [9.17, 15) is 0 Å². The van der Waals surface area contributed by atoms with E-state index in [0.29, 0.717) is 0 Å². The van der Waals surface area contributed by atoms with Crippen molar-refractivity contribution in [2.24, 2.45) is 5.10 Å². The molecule has 1 aromatic heterocycles. The van der Waals surface area contributed by atoms with Crippen molar-refractivity contribution in [3.8, 4) is 0 Å². The largest absolute Gasteiger partial charge is 0.279 e. The Hall–Kier alpha value is -1.03. The smallest absolute Gasteiger partial charge is 0.220 e. The van der Waals surface area contributed by atoms with Gasteiger partial charge in [0.15, 0.2) is 0 Å². The summed E-state index contributed by atoms with van der Waals surface area (Å²) in [6.45, 7) is 0. The molecule has 2 heterocycles. The van der Waals surface area contributed by atoms with Gasteiger partial charge >= 0.3 is 0 Å². The van der Waals surface area contributed by atoms with Crippen molar-refractivity contribution in [2.75, 3.05) is 0 Å². The van der Waals surface area contributed by atoms with Crippen LogP contribution in [0.15, 0.2) is 10.6 Å². The first-order valence-corrected chi connectivity index (χ1v) is 3.36. The SMILES string of the molecule is C1=[N+]N=c2ncsc2=C1. The highest BCUT2D eigenvalue weighted by Gasteiger charge is 1.98. The van der Waals surface area contributed by atoms with E-state index in [1.54, 1.807) is 23.1 Å². The standard InChI is InChI=1S/C5H3N3S/c1-2-7-8-5-4(1)9-3-6-5/h1-3H/q+1. The molecule has 9 heavy (non-hydrogen) atoms. The third-order valence-corrected chi connectivity index (χ3v) is 1.80. The molecule has 1 aliphatic heterocycles. The zero-order chi connectivity index (χ0) is 6.10. The van der Waals surface area contributed by atoms with Crippen LogP contribution in [0.1, 0.15) is 0 Å². The van der Waals surface area contributed by atoms with E-state index < -0.39 is 0 Å². The van der Waals surface area contributed by atoms with Crippen LogP contribution in [0.2, 0.25) is 0 Å². The van der Waals surface area contributed by atoms with Crippen LogP contribution >= 0.6 is 11.3 Å². The maximum Gasteiger partial charge on any atom is 0.279 e. The van der Waals surface area contributed by atoms with Crippen LogP contribution in [-0.2, 0) is 0 Å². The maximum atomic E-state index is 3.96. The average molecular weight is 137 g/mol. The molecule has 4 heteroatoms. The predicted molar refractivity (Wildman–Crippen MR) is 35.6 cm³/mol. The predicted octanol–water partition coefficient (Wildman–Crippen LogP) is -1.12. The van der Waals surface area contributed by atoms with Gasteiger partial charge in [-0.3, -0.25) is 0 Å². The molecule has 3 nitrogen and oxygen atoms in total. The van der Waals surface area contributed by atoms with Crippen molar-refractivity contribution in [3.63, 3.8) is 0 Å².